The zero-order valence-corrected chi connectivity index (χ0v) is 22.3. The number of carbonyl (C=O) groups excluding carboxylic acids is 2. The van der Waals surface area contributed by atoms with Crippen LogP contribution in [0, 0.1) is 12.7 Å². The maximum atomic E-state index is 14.1. The van der Waals surface area contributed by atoms with E-state index in [4.69, 9.17) is 0 Å². The van der Waals surface area contributed by atoms with Gasteiger partial charge in [0, 0.05) is 24.3 Å². The average Bonchev–Trinajstić information content (AvgIpc) is 2.82. The Labute approximate surface area is 218 Å². The zero-order chi connectivity index (χ0) is 26.1. The monoisotopic (exact) mass is 506 g/mol. The molecule has 36 heavy (non-hydrogen) atoms. The van der Waals surface area contributed by atoms with Gasteiger partial charge in [-0.1, -0.05) is 78.4 Å². The van der Waals surface area contributed by atoms with Gasteiger partial charge in [0.05, 0.1) is 5.75 Å². The molecule has 0 bridgehead atoms. The third-order valence-electron chi connectivity index (χ3n) is 5.65. The van der Waals surface area contributed by atoms with Crippen LogP contribution in [0.15, 0.2) is 78.9 Å². The summed E-state index contributed by atoms with van der Waals surface area (Å²) in [5.41, 5.74) is 3.15. The van der Waals surface area contributed by atoms with Crippen molar-refractivity contribution in [3.63, 3.8) is 0 Å². The van der Waals surface area contributed by atoms with Crippen molar-refractivity contribution in [2.24, 2.45) is 0 Å². The van der Waals surface area contributed by atoms with Crippen LogP contribution >= 0.6 is 11.8 Å². The fraction of sp³-hybridized carbons (Fsp3) is 0.333. The van der Waals surface area contributed by atoms with Crippen molar-refractivity contribution in [1.82, 2.24) is 10.2 Å². The number of nitrogens with zero attached hydrogens (tertiary/aromatic N) is 1. The minimum atomic E-state index is -0.686. The second-order valence-electron chi connectivity index (χ2n) is 10.0. The third-order valence-corrected chi connectivity index (χ3v) is 6.61. The van der Waals surface area contributed by atoms with Gasteiger partial charge in [-0.3, -0.25) is 9.59 Å². The van der Waals surface area contributed by atoms with E-state index in [-0.39, 0.29) is 23.4 Å². The Morgan fingerprint density at radius 3 is 2.28 bits per heavy atom. The highest BCUT2D eigenvalue weighted by molar-refractivity contribution is 7.99. The molecule has 3 rings (SSSR count). The van der Waals surface area contributed by atoms with Crippen LogP contribution in [-0.4, -0.2) is 34.0 Å². The minimum absolute atomic E-state index is 0.147. The minimum Gasteiger partial charge on any atom is -0.350 e. The van der Waals surface area contributed by atoms with E-state index in [1.54, 1.807) is 23.1 Å². The highest BCUT2D eigenvalue weighted by Gasteiger charge is 2.32. The molecule has 0 fully saturated rings. The van der Waals surface area contributed by atoms with E-state index in [0.717, 1.165) is 16.7 Å². The number of aryl methyl sites for hydroxylation is 1. The molecule has 0 aliphatic heterocycles. The van der Waals surface area contributed by atoms with E-state index in [9.17, 15) is 14.0 Å². The van der Waals surface area contributed by atoms with Gasteiger partial charge in [0.25, 0.3) is 0 Å². The van der Waals surface area contributed by atoms with Crippen LogP contribution in [0.4, 0.5) is 4.39 Å². The number of carbonyl (C=O) groups is 2. The van der Waals surface area contributed by atoms with Crippen LogP contribution in [0.25, 0.3) is 0 Å². The molecular formula is C30H35FN2O2S. The van der Waals surface area contributed by atoms with Crippen LogP contribution in [0.1, 0.15) is 43.0 Å². The van der Waals surface area contributed by atoms with Gasteiger partial charge in [0.1, 0.15) is 11.9 Å². The molecule has 0 radical (unpaired) electrons. The van der Waals surface area contributed by atoms with Gasteiger partial charge >= 0.3 is 0 Å². The van der Waals surface area contributed by atoms with Crippen molar-refractivity contribution in [1.29, 1.82) is 0 Å². The molecule has 3 aromatic rings. The fourth-order valence-corrected chi connectivity index (χ4v) is 4.86. The predicted molar refractivity (Wildman–Crippen MR) is 146 cm³/mol. The number of halogens is 1. The Hall–Kier alpha value is -3.12. The standard InChI is InChI=1S/C30H35FN2O2S/c1-22-11-10-14-24(17-22)19-33(28(34)21-36-20-25-15-8-9-16-26(25)31)27(29(35)32-30(2,3)4)18-23-12-6-5-7-13-23/h5-17,27H,18-21H2,1-4H3,(H,32,35)/t27-/m1/s1. The first-order chi connectivity index (χ1) is 17.1. The van der Waals surface area contributed by atoms with Crippen LogP contribution in [0.2, 0.25) is 0 Å². The normalized spacial score (nSPS) is 12.1. The van der Waals surface area contributed by atoms with Gasteiger partial charge in [0.2, 0.25) is 11.8 Å². The van der Waals surface area contributed by atoms with Gasteiger partial charge in [0.15, 0.2) is 0 Å². The first-order valence-electron chi connectivity index (χ1n) is 12.1. The number of rotatable bonds is 10. The summed E-state index contributed by atoms with van der Waals surface area (Å²) in [5.74, 6) is -0.0856. The Balaban J connectivity index is 1.88. The van der Waals surface area contributed by atoms with Gasteiger partial charge in [-0.2, -0.15) is 0 Å². The van der Waals surface area contributed by atoms with Crippen LogP contribution in [-0.2, 0) is 28.3 Å². The van der Waals surface area contributed by atoms with Crippen LogP contribution < -0.4 is 5.32 Å². The van der Waals surface area contributed by atoms with Gasteiger partial charge in [-0.15, -0.1) is 11.8 Å². The SMILES string of the molecule is Cc1cccc(CN(C(=O)CSCc2ccccc2F)[C@H](Cc2ccccc2)C(=O)NC(C)(C)C)c1. The molecule has 0 heterocycles. The summed E-state index contributed by atoms with van der Waals surface area (Å²) >= 11 is 1.36. The maximum absolute atomic E-state index is 14.1. The number of hydrogen-bond donors (Lipinski definition) is 1. The zero-order valence-electron chi connectivity index (χ0n) is 21.5. The molecule has 1 N–H and O–H groups in total. The number of nitrogens with one attached hydrogen (secondary N) is 1. The Bertz CT molecular complexity index is 1160. The first kappa shape index (κ1) is 27.5. The van der Waals surface area contributed by atoms with Gasteiger partial charge in [-0.05, 0) is 50.5 Å². The topological polar surface area (TPSA) is 49.4 Å². The number of benzene rings is 3. The van der Waals surface area contributed by atoms with Crippen LogP contribution in [0.3, 0.4) is 0 Å². The molecule has 6 heteroatoms. The predicted octanol–water partition coefficient (Wildman–Crippen LogP) is 5.92. The Kier molecular flexibility index (Phi) is 9.71. The van der Waals surface area contributed by atoms with Crippen molar-refractivity contribution >= 4 is 23.6 Å². The smallest absolute Gasteiger partial charge is 0.243 e. The lowest BCUT2D eigenvalue weighted by atomic mass is 10.0. The molecule has 3 aromatic carbocycles. The van der Waals surface area contributed by atoms with E-state index < -0.39 is 11.6 Å². The van der Waals surface area contributed by atoms with Crippen molar-refractivity contribution < 1.29 is 14.0 Å². The van der Waals surface area contributed by atoms with E-state index in [1.165, 1.54) is 17.8 Å². The molecule has 1 atom stereocenters. The van der Waals surface area contributed by atoms with E-state index in [2.05, 4.69) is 5.32 Å². The average molecular weight is 507 g/mol. The lowest BCUT2D eigenvalue weighted by molar-refractivity contribution is -0.140. The van der Waals surface area contributed by atoms with E-state index in [0.29, 0.717) is 24.3 Å². The molecule has 0 spiro atoms. The summed E-state index contributed by atoms with van der Waals surface area (Å²) in [6.45, 7) is 8.12. The second kappa shape index (κ2) is 12.7. The van der Waals surface area contributed by atoms with E-state index in [1.807, 2.05) is 82.3 Å². The molecule has 0 saturated carbocycles. The van der Waals surface area contributed by atoms with Crippen molar-refractivity contribution in [3.8, 4) is 0 Å². The molecular weight excluding hydrogens is 471 g/mol. The maximum Gasteiger partial charge on any atom is 0.243 e. The summed E-state index contributed by atoms with van der Waals surface area (Å²) in [7, 11) is 0. The van der Waals surface area contributed by atoms with Crippen molar-refractivity contribution in [2.45, 2.75) is 58.0 Å². The molecule has 0 aliphatic rings. The lowest BCUT2D eigenvalue weighted by Crippen LogP contribution is -2.54. The summed E-state index contributed by atoms with van der Waals surface area (Å²) < 4.78 is 14.1. The summed E-state index contributed by atoms with van der Waals surface area (Å²) in [6.07, 6.45) is 0.401. The highest BCUT2D eigenvalue weighted by Crippen LogP contribution is 2.20. The summed E-state index contributed by atoms with van der Waals surface area (Å²) in [5, 5.41) is 3.07. The molecule has 0 aromatic heterocycles. The Morgan fingerprint density at radius 1 is 0.944 bits per heavy atom. The Morgan fingerprint density at radius 2 is 1.61 bits per heavy atom. The fourth-order valence-electron chi connectivity index (χ4n) is 3.96. The molecule has 4 nitrogen and oxygen atoms in total. The van der Waals surface area contributed by atoms with Gasteiger partial charge < -0.3 is 10.2 Å². The molecule has 0 aliphatic carbocycles. The number of amides is 2. The summed E-state index contributed by atoms with van der Waals surface area (Å²) in [6, 6.07) is 23.6. The van der Waals surface area contributed by atoms with Crippen molar-refractivity contribution in [2.75, 3.05) is 5.75 Å². The van der Waals surface area contributed by atoms with E-state index >= 15 is 0 Å². The highest BCUT2D eigenvalue weighted by atomic mass is 32.2. The van der Waals surface area contributed by atoms with Crippen LogP contribution in [0.5, 0.6) is 0 Å². The largest absolute Gasteiger partial charge is 0.350 e. The second-order valence-corrected chi connectivity index (χ2v) is 11.0. The summed E-state index contributed by atoms with van der Waals surface area (Å²) in [4.78, 5) is 28.9. The molecule has 190 valence electrons. The quantitative estimate of drug-likeness (QED) is 0.371. The van der Waals surface area contributed by atoms with Gasteiger partial charge in [-0.25, -0.2) is 4.39 Å². The molecule has 2 amide bonds. The first-order valence-corrected chi connectivity index (χ1v) is 13.3. The number of hydrogen-bond acceptors (Lipinski definition) is 3. The van der Waals surface area contributed by atoms with Crippen molar-refractivity contribution in [3.05, 3.63) is 107 Å². The third kappa shape index (κ3) is 8.52. The molecule has 0 saturated heterocycles. The lowest BCUT2D eigenvalue weighted by Gasteiger charge is -2.34. The number of thioether (sulfide) groups is 1. The molecule has 0 unspecified atom stereocenters.